The maximum absolute atomic E-state index is 12.6. The van der Waals surface area contributed by atoms with Crippen molar-refractivity contribution in [2.24, 2.45) is 0 Å². The molecule has 1 aromatic carbocycles. The molecule has 1 N–H and O–H groups in total. The van der Waals surface area contributed by atoms with Gasteiger partial charge in [-0.15, -0.1) is 0 Å². The van der Waals surface area contributed by atoms with Crippen molar-refractivity contribution in [2.45, 2.75) is 38.1 Å². The molecule has 4 heterocycles. The predicted octanol–water partition coefficient (Wildman–Crippen LogP) is 2.34. The fourth-order valence-electron chi connectivity index (χ4n) is 5.07. The number of likely N-dealkylation sites (tertiary alicyclic amines) is 1. The lowest BCUT2D eigenvalue weighted by Crippen LogP contribution is -2.49. The van der Waals surface area contributed by atoms with Gasteiger partial charge >= 0.3 is 0 Å². The van der Waals surface area contributed by atoms with Crippen LogP contribution in [0.2, 0.25) is 0 Å². The number of ether oxygens (including phenoxy) is 1. The zero-order valence-corrected chi connectivity index (χ0v) is 19.9. The highest BCUT2D eigenvalue weighted by molar-refractivity contribution is 7.22. The summed E-state index contributed by atoms with van der Waals surface area (Å²) in [4.78, 5) is 36.0. The largest absolute Gasteiger partial charge is 0.379 e. The van der Waals surface area contributed by atoms with Gasteiger partial charge in [0.15, 0.2) is 5.13 Å². The van der Waals surface area contributed by atoms with E-state index in [2.05, 4.69) is 15.1 Å². The van der Waals surface area contributed by atoms with Gasteiger partial charge in [0.25, 0.3) is 5.91 Å². The lowest BCUT2D eigenvalue weighted by molar-refractivity contribution is -0.127. The van der Waals surface area contributed by atoms with E-state index in [0.717, 1.165) is 93.5 Å². The Morgan fingerprint density at radius 2 is 1.97 bits per heavy atom. The molecule has 0 bridgehead atoms. The van der Waals surface area contributed by atoms with E-state index in [1.807, 2.05) is 23.1 Å². The Kier molecular flexibility index (Phi) is 7.08. The standard InChI is InChI=1S/C24H33N5O3S/c30-22-3-1-9-28(22)10-2-8-25-23(31)18-4-5-20-21(17-18)33-24(26-20)29-11-6-19(7-12-29)27-13-15-32-16-14-27/h4-5,17,19H,1-3,6-16H2,(H,25,31). The number of nitrogens with zero attached hydrogens (tertiary/aromatic N) is 4. The molecule has 0 atom stereocenters. The Bertz CT molecular complexity index is 982. The molecule has 3 fully saturated rings. The fraction of sp³-hybridized carbons (Fsp3) is 0.625. The number of amides is 2. The molecule has 2 amide bonds. The van der Waals surface area contributed by atoms with Gasteiger partial charge in [0.1, 0.15) is 0 Å². The molecule has 8 nitrogen and oxygen atoms in total. The van der Waals surface area contributed by atoms with Crippen LogP contribution in [0, 0.1) is 0 Å². The first-order chi connectivity index (χ1) is 16.2. The van der Waals surface area contributed by atoms with E-state index in [4.69, 9.17) is 9.72 Å². The van der Waals surface area contributed by atoms with Crippen LogP contribution in [0.4, 0.5) is 5.13 Å². The van der Waals surface area contributed by atoms with Crippen molar-refractivity contribution in [1.29, 1.82) is 0 Å². The molecule has 3 aliphatic rings. The van der Waals surface area contributed by atoms with Crippen molar-refractivity contribution in [3.63, 3.8) is 0 Å². The molecular weight excluding hydrogens is 438 g/mol. The minimum absolute atomic E-state index is 0.0640. The molecule has 0 spiro atoms. The summed E-state index contributed by atoms with van der Waals surface area (Å²) < 4.78 is 6.54. The van der Waals surface area contributed by atoms with Crippen LogP contribution in [-0.4, -0.2) is 91.7 Å². The smallest absolute Gasteiger partial charge is 0.251 e. The number of carbonyl (C=O) groups is 2. The lowest BCUT2D eigenvalue weighted by Gasteiger charge is -2.40. The number of rotatable bonds is 7. The third-order valence-electron chi connectivity index (χ3n) is 7.00. The highest BCUT2D eigenvalue weighted by Gasteiger charge is 2.27. The van der Waals surface area contributed by atoms with Gasteiger partial charge in [-0.25, -0.2) is 4.98 Å². The molecular formula is C24H33N5O3S. The number of anilines is 1. The zero-order chi connectivity index (χ0) is 22.6. The Morgan fingerprint density at radius 1 is 1.15 bits per heavy atom. The van der Waals surface area contributed by atoms with E-state index >= 15 is 0 Å². The number of carbonyl (C=O) groups excluding carboxylic acids is 2. The van der Waals surface area contributed by atoms with E-state index in [0.29, 0.717) is 24.6 Å². The number of hydrogen-bond acceptors (Lipinski definition) is 7. The molecule has 0 radical (unpaired) electrons. The topological polar surface area (TPSA) is 78.0 Å². The number of fused-ring (bicyclic) bond motifs is 1. The van der Waals surface area contributed by atoms with Gasteiger partial charge in [-0.2, -0.15) is 0 Å². The fourth-order valence-corrected chi connectivity index (χ4v) is 6.12. The molecule has 5 rings (SSSR count). The molecule has 33 heavy (non-hydrogen) atoms. The second-order valence-electron chi connectivity index (χ2n) is 9.14. The molecule has 0 saturated carbocycles. The molecule has 3 saturated heterocycles. The van der Waals surface area contributed by atoms with Crippen LogP contribution < -0.4 is 10.2 Å². The first kappa shape index (κ1) is 22.6. The van der Waals surface area contributed by atoms with Gasteiger partial charge in [-0.1, -0.05) is 11.3 Å². The summed E-state index contributed by atoms with van der Waals surface area (Å²) in [6, 6.07) is 6.41. The highest BCUT2D eigenvalue weighted by Crippen LogP contribution is 2.32. The molecule has 2 aromatic rings. The van der Waals surface area contributed by atoms with Crippen molar-refractivity contribution in [1.82, 2.24) is 20.1 Å². The summed E-state index contributed by atoms with van der Waals surface area (Å²) in [6.45, 7) is 8.00. The molecule has 0 unspecified atom stereocenters. The van der Waals surface area contributed by atoms with Crippen LogP contribution in [0.25, 0.3) is 10.2 Å². The number of thiazole rings is 1. The summed E-state index contributed by atoms with van der Waals surface area (Å²) in [5, 5.41) is 4.05. The van der Waals surface area contributed by atoms with Crippen LogP contribution in [-0.2, 0) is 9.53 Å². The summed E-state index contributed by atoms with van der Waals surface area (Å²) in [7, 11) is 0. The molecule has 1 aromatic heterocycles. The average Bonchev–Trinajstić information content (AvgIpc) is 3.47. The van der Waals surface area contributed by atoms with E-state index in [1.165, 1.54) is 0 Å². The molecule has 9 heteroatoms. The summed E-state index contributed by atoms with van der Waals surface area (Å²) in [6.07, 6.45) is 4.72. The molecule has 0 aliphatic carbocycles. The van der Waals surface area contributed by atoms with Crippen LogP contribution in [0.1, 0.15) is 42.5 Å². The van der Waals surface area contributed by atoms with Crippen molar-refractivity contribution < 1.29 is 14.3 Å². The average molecular weight is 472 g/mol. The Labute approximate surface area is 198 Å². The van der Waals surface area contributed by atoms with Gasteiger partial charge in [0, 0.05) is 63.8 Å². The van der Waals surface area contributed by atoms with Crippen molar-refractivity contribution in [3.05, 3.63) is 23.8 Å². The summed E-state index contributed by atoms with van der Waals surface area (Å²) in [5.74, 6) is 0.170. The first-order valence-electron chi connectivity index (χ1n) is 12.2. The van der Waals surface area contributed by atoms with E-state index < -0.39 is 0 Å². The minimum atomic E-state index is -0.0640. The van der Waals surface area contributed by atoms with Gasteiger partial charge in [0.05, 0.1) is 23.4 Å². The SMILES string of the molecule is O=C(NCCCN1CCCC1=O)c1ccc2nc(N3CCC(N4CCOCC4)CC3)sc2c1. The van der Waals surface area contributed by atoms with Crippen LogP contribution in [0.15, 0.2) is 18.2 Å². The second-order valence-corrected chi connectivity index (χ2v) is 10.1. The van der Waals surface area contributed by atoms with E-state index in [1.54, 1.807) is 11.3 Å². The van der Waals surface area contributed by atoms with Gasteiger partial charge in [0.2, 0.25) is 5.91 Å². The normalized spacial score (nSPS) is 20.7. The number of benzene rings is 1. The van der Waals surface area contributed by atoms with Crippen LogP contribution >= 0.6 is 11.3 Å². The van der Waals surface area contributed by atoms with Gasteiger partial charge in [-0.3, -0.25) is 14.5 Å². The zero-order valence-electron chi connectivity index (χ0n) is 19.1. The number of morpholine rings is 1. The Morgan fingerprint density at radius 3 is 2.73 bits per heavy atom. The Hall–Kier alpha value is -2.23. The third-order valence-corrected chi connectivity index (χ3v) is 8.08. The van der Waals surface area contributed by atoms with Crippen molar-refractivity contribution in [3.8, 4) is 0 Å². The monoisotopic (exact) mass is 471 g/mol. The van der Waals surface area contributed by atoms with Crippen molar-refractivity contribution >= 4 is 38.5 Å². The molecule has 3 aliphatic heterocycles. The summed E-state index contributed by atoms with van der Waals surface area (Å²) in [5.41, 5.74) is 1.62. The van der Waals surface area contributed by atoms with Gasteiger partial charge < -0.3 is 19.9 Å². The van der Waals surface area contributed by atoms with Crippen LogP contribution in [0.3, 0.4) is 0 Å². The predicted molar refractivity (Wildman–Crippen MR) is 130 cm³/mol. The van der Waals surface area contributed by atoms with Crippen molar-refractivity contribution in [2.75, 3.05) is 63.9 Å². The minimum Gasteiger partial charge on any atom is -0.379 e. The summed E-state index contributed by atoms with van der Waals surface area (Å²) >= 11 is 1.67. The number of nitrogens with one attached hydrogen (secondary N) is 1. The molecule has 178 valence electrons. The maximum Gasteiger partial charge on any atom is 0.251 e. The number of hydrogen-bond donors (Lipinski definition) is 1. The van der Waals surface area contributed by atoms with E-state index in [-0.39, 0.29) is 11.8 Å². The lowest BCUT2D eigenvalue weighted by atomic mass is 10.0. The maximum atomic E-state index is 12.6. The van der Waals surface area contributed by atoms with Gasteiger partial charge in [-0.05, 0) is 43.9 Å². The first-order valence-corrected chi connectivity index (χ1v) is 13.0. The quantitative estimate of drug-likeness (QED) is 0.625. The third kappa shape index (κ3) is 5.31. The van der Waals surface area contributed by atoms with Crippen LogP contribution in [0.5, 0.6) is 0 Å². The Balaban J connectivity index is 1.13. The van der Waals surface area contributed by atoms with E-state index in [9.17, 15) is 9.59 Å². The number of aromatic nitrogens is 1. The number of piperidine rings is 1. The highest BCUT2D eigenvalue weighted by atomic mass is 32.1. The second kappa shape index (κ2) is 10.4.